The van der Waals surface area contributed by atoms with E-state index in [1.165, 1.54) is 33.4 Å². The minimum atomic E-state index is -0.968. The molecule has 1 amide bonds. The molecule has 5 aromatic rings. The second kappa shape index (κ2) is 14.4. The van der Waals surface area contributed by atoms with Gasteiger partial charge in [0.15, 0.2) is 15.8 Å². The van der Waals surface area contributed by atoms with E-state index in [1.807, 2.05) is 44.2 Å². The zero-order chi connectivity index (χ0) is 32.9. The van der Waals surface area contributed by atoms with E-state index in [2.05, 4.69) is 41.4 Å². The quantitative estimate of drug-likeness (QED) is 0.0354. The number of aliphatic hydroxyl groups excluding tert-OH is 1. The number of anilines is 1. The fraction of sp³-hybridized carbons (Fsp3) is 0.243. The van der Waals surface area contributed by atoms with Gasteiger partial charge >= 0.3 is 5.91 Å². The number of thioether (sulfide) groups is 1. The first-order valence-corrected chi connectivity index (χ1v) is 17.4. The van der Waals surface area contributed by atoms with Gasteiger partial charge in [-0.3, -0.25) is 14.5 Å². The van der Waals surface area contributed by atoms with Crippen molar-refractivity contribution in [3.8, 4) is 11.5 Å². The Hall–Kier alpha value is -4.67. The van der Waals surface area contributed by atoms with Gasteiger partial charge in [0.05, 0.1) is 24.8 Å². The van der Waals surface area contributed by atoms with Crippen molar-refractivity contribution in [1.29, 1.82) is 0 Å². The van der Waals surface area contributed by atoms with Crippen molar-refractivity contribution in [3.05, 3.63) is 113 Å². The molecular weight excluding hydrogens is 631 g/mol. The minimum absolute atomic E-state index is 0.0267. The van der Waals surface area contributed by atoms with Crippen LogP contribution in [-0.2, 0) is 15.3 Å². The summed E-state index contributed by atoms with van der Waals surface area (Å²) in [7, 11) is 0. The molecule has 6 rings (SSSR count). The molecule has 0 radical (unpaired) electrons. The van der Waals surface area contributed by atoms with Crippen LogP contribution in [-0.4, -0.2) is 40.2 Å². The van der Waals surface area contributed by atoms with Crippen LogP contribution in [0.2, 0.25) is 0 Å². The minimum Gasteiger partial charge on any atom is -0.507 e. The third-order valence-corrected chi connectivity index (χ3v) is 10.0. The maximum atomic E-state index is 13.8. The monoisotopic (exact) mass is 665 g/mol. The predicted octanol–water partition coefficient (Wildman–Crippen LogP) is 8.50. The molecule has 4 aromatic carbocycles. The van der Waals surface area contributed by atoms with Gasteiger partial charge in [-0.1, -0.05) is 115 Å². The molecule has 1 aliphatic rings. The van der Waals surface area contributed by atoms with E-state index in [0.717, 1.165) is 29.4 Å². The molecule has 10 heteroatoms. The molecule has 8 nitrogen and oxygen atoms in total. The van der Waals surface area contributed by atoms with E-state index in [-0.39, 0.29) is 16.5 Å². The van der Waals surface area contributed by atoms with Crippen LogP contribution in [0, 0.1) is 6.92 Å². The Morgan fingerprint density at radius 1 is 0.936 bits per heavy atom. The van der Waals surface area contributed by atoms with Gasteiger partial charge in [0.25, 0.3) is 5.78 Å². The summed E-state index contributed by atoms with van der Waals surface area (Å²) in [6.07, 6.45) is 1.88. The molecule has 1 saturated heterocycles. The Morgan fingerprint density at radius 2 is 1.72 bits per heavy atom. The van der Waals surface area contributed by atoms with Crippen molar-refractivity contribution in [3.63, 3.8) is 0 Å². The first kappa shape index (κ1) is 32.3. The number of aliphatic hydroxyl groups is 1. The number of amides is 1. The van der Waals surface area contributed by atoms with E-state index >= 15 is 0 Å². The van der Waals surface area contributed by atoms with Gasteiger partial charge < -0.3 is 14.6 Å². The van der Waals surface area contributed by atoms with Gasteiger partial charge in [0.1, 0.15) is 5.76 Å². The number of benzene rings is 4. The van der Waals surface area contributed by atoms with E-state index in [0.29, 0.717) is 45.9 Å². The number of unbranched alkanes of at least 4 members (excludes halogenated alkanes) is 1. The van der Waals surface area contributed by atoms with Gasteiger partial charge in [-0.15, -0.1) is 10.2 Å². The number of ketones is 1. The highest BCUT2D eigenvalue weighted by molar-refractivity contribution is 8.00. The topological polar surface area (TPSA) is 102 Å². The van der Waals surface area contributed by atoms with Crippen molar-refractivity contribution in [2.75, 3.05) is 18.1 Å². The van der Waals surface area contributed by atoms with Crippen LogP contribution in [0.5, 0.6) is 11.5 Å². The van der Waals surface area contributed by atoms with Gasteiger partial charge in [-0.25, -0.2) is 0 Å². The Kier molecular flexibility index (Phi) is 9.89. The van der Waals surface area contributed by atoms with Crippen LogP contribution in [0.15, 0.2) is 94.8 Å². The van der Waals surface area contributed by atoms with E-state index in [9.17, 15) is 14.7 Å². The van der Waals surface area contributed by atoms with Crippen molar-refractivity contribution in [2.24, 2.45) is 0 Å². The molecule has 0 aliphatic carbocycles. The molecule has 1 aromatic heterocycles. The Bertz CT molecular complexity index is 1950. The number of hydrogen-bond acceptors (Lipinski definition) is 9. The molecule has 0 bridgehead atoms. The van der Waals surface area contributed by atoms with Crippen molar-refractivity contribution >= 4 is 56.5 Å². The fourth-order valence-corrected chi connectivity index (χ4v) is 7.41. The van der Waals surface area contributed by atoms with Crippen LogP contribution in [0.4, 0.5) is 5.13 Å². The molecule has 2 heterocycles. The summed E-state index contributed by atoms with van der Waals surface area (Å²) in [6.45, 7) is 6.84. The molecule has 1 fully saturated rings. The number of Topliss-reactive ketones (excluding diaryl/α,β-unsaturated/α-hetero) is 1. The normalized spacial score (nSPS) is 15.8. The third kappa shape index (κ3) is 6.75. The molecule has 0 spiro atoms. The lowest BCUT2D eigenvalue weighted by Crippen LogP contribution is -2.29. The summed E-state index contributed by atoms with van der Waals surface area (Å²) >= 11 is 2.75. The summed E-state index contributed by atoms with van der Waals surface area (Å²) in [4.78, 5) is 28.9. The number of carbonyl (C=O) groups excluding carboxylic acids is 2. The number of aryl methyl sites for hydroxylation is 1. The molecule has 47 heavy (non-hydrogen) atoms. The summed E-state index contributed by atoms with van der Waals surface area (Å²) in [6, 6.07) is 26.0. The van der Waals surface area contributed by atoms with Crippen LogP contribution < -0.4 is 14.4 Å². The largest absolute Gasteiger partial charge is 0.507 e. The number of nitrogens with zero attached hydrogens (tertiary/aromatic N) is 3. The second-order valence-corrected chi connectivity index (χ2v) is 13.3. The summed E-state index contributed by atoms with van der Waals surface area (Å²) in [5.41, 5.74) is 3.14. The Balaban J connectivity index is 1.39. The van der Waals surface area contributed by atoms with E-state index in [4.69, 9.17) is 9.47 Å². The number of ether oxygens (including phenoxy) is 2. The first-order valence-electron chi connectivity index (χ1n) is 15.6. The van der Waals surface area contributed by atoms with Crippen molar-refractivity contribution in [2.45, 2.75) is 49.7 Å². The smallest absolute Gasteiger partial charge is 0.301 e. The SMILES string of the molecule is CCCCOc1ccc(C2/C(=C(\O)c3ccc(C)cc3)C(=O)C(=O)N2c2nnc(SCc3cccc4ccccc34)s2)cc1OCC. The lowest BCUT2D eigenvalue weighted by molar-refractivity contribution is -0.132. The van der Waals surface area contributed by atoms with E-state index in [1.54, 1.807) is 30.3 Å². The molecular formula is C37H35N3O5S2. The van der Waals surface area contributed by atoms with Gasteiger partial charge in [-0.05, 0) is 54.3 Å². The highest BCUT2D eigenvalue weighted by Crippen LogP contribution is 2.46. The second-order valence-electron chi connectivity index (χ2n) is 11.2. The average Bonchev–Trinajstić information content (AvgIpc) is 3.66. The van der Waals surface area contributed by atoms with Gasteiger partial charge in [0, 0.05) is 11.3 Å². The standard InChI is InChI=1S/C37H35N3O5S2/c1-4-6-20-45-29-19-18-26(21-30(29)44-5-2)32-31(33(41)25-16-14-23(3)15-17-25)34(42)35(43)40(32)36-38-39-37(47-36)46-22-27-12-9-11-24-10-7-8-13-28(24)27/h7-19,21,32,41H,4-6,20,22H2,1-3H3/b33-31+. The van der Waals surface area contributed by atoms with Crippen molar-refractivity contribution in [1.82, 2.24) is 10.2 Å². The highest BCUT2D eigenvalue weighted by Gasteiger charge is 2.48. The average molecular weight is 666 g/mol. The van der Waals surface area contributed by atoms with Crippen LogP contribution in [0.25, 0.3) is 16.5 Å². The Labute approximate surface area is 282 Å². The van der Waals surface area contributed by atoms with E-state index < -0.39 is 17.7 Å². The van der Waals surface area contributed by atoms with Gasteiger partial charge in [-0.2, -0.15) is 0 Å². The maximum Gasteiger partial charge on any atom is 0.301 e. The fourth-order valence-electron chi connectivity index (χ4n) is 5.54. The summed E-state index contributed by atoms with van der Waals surface area (Å²) in [5.74, 6) is -0.121. The van der Waals surface area contributed by atoms with Crippen LogP contribution in [0.1, 0.15) is 55.0 Å². The molecule has 240 valence electrons. The third-order valence-electron chi connectivity index (χ3n) is 7.94. The molecule has 1 atom stereocenters. The lowest BCUT2D eigenvalue weighted by Gasteiger charge is -2.23. The first-order chi connectivity index (χ1) is 22.9. The highest BCUT2D eigenvalue weighted by atomic mass is 32.2. The van der Waals surface area contributed by atoms with Crippen LogP contribution >= 0.6 is 23.1 Å². The number of rotatable bonds is 12. The molecule has 0 saturated carbocycles. The molecule has 1 unspecified atom stereocenters. The predicted molar refractivity (Wildman–Crippen MR) is 187 cm³/mol. The summed E-state index contributed by atoms with van der Waals surface area (Å²) < 4.78 is 12.6. The zero-order valence-electron chi connectivity index (χ0n) is 26.4. The zero-order valence-corrected chi connectivity index (χ0v) is 28.1. The molecule has 1 aliphatic heterocycles. The number of hydrogen-bond donors (Lipinski definition) is 1. The number of carbonyl (C=O) groups is 2. The van der Waals surface area contributed by atoms with Crippen LogP contribution in [0.3, 0.4) is 0 Å². The van der Waals surface area contributed by atoms with Gasteiger partial charge in [0.2, 0.25) is 5.13 Å². The molecule has 1 N–H and O–H groups in total. The lowest BCUT2D eigenvalue weighted by atomic mass is 9.95. The Morgan fingerprint density at radius 3 is 2.51 bits per heavy atom. The number of aromatic nitrogens is 2. The number of fused-ring (bicyclic) bond motifs is 1. The maximum absolute atomic E-state index is 13.8. The van der Waals surface area contributed by atoms with Crippen molar-refractivity contribution < 1.29 is 24.2 Å². The summed E-state index contributed by atoms with van der Waals surface area (Å²) in [5, 5.41) is 22.9.